The van der Waals surface area contributed by atoms with Crippen LogP contribution in [0.3, 0.4) is 0 Å². The van der Waals surface area contributed by atoms with Gasteiger partial charge in [0.15, 0.2) is 0 Å². The maximum absolute atomic E-state index is 5.20. The van der Waals surface area contributed by atoms with Gasteiger partial charge in [0.2, 0.25) is 0 Å². The van der Waals surface area contributed by atoms with Crippen LogP contribution in [0.25, 0.3) is 0 Å². The molecule has 0 aromatic carbocycles. The van der Waals surface area contributed by atoms with Crippen molar-refractivity contribution >= 4 is 5.82 Å². The summed E-state index contributed by atoms with van der Waals surface area (Å²) in [5.74, 6) is 1.68. The van der Waals surface area contributed by atoms with Crippen LogP contribution in [0.5, 0.6) is 0 Å². The van der Waals surface area contributed by atoms with Gasteiger partial charge in [-0.1, -0.05) is 13.8 Å². The first-order valence-corrected chi connectivity index (χ1v) is 6.92. The summed E-state index contributed by atoms with van der Waals surface area (Å²) in [6.07, 6.45) is 1.96. The van der Waals surface area contributed by atoms with Crippen molar-refractivity contribution in [2.45, 2.75) is 27.3 Å². The van der Waals surface area contributed by atoms with E-state index in [0.717, 1.165) is 32.1 Å². The third-order valence-corrected chi connectivity index (χ3v) is 2.94. The highest BCUT2D eigenvalue weighted by Gasteiger charge is 2.12. The highest BCUT2D eigenvalue weighted by Crippen LogP contribution is 2.19. The zero-order valence-corrected chi connectivity index (χ0v) is 12.9. The molecule has 0 spiro atoms. The van der Waals surface area contributed by atoms with E-state index in [9.17, 15) is 0 Å². The van der Waals surface area contributed by atoms with E-state index in [1.165, 1.54) is 11.1 Å². The SMILES string of the molecule is CNCc1cnc(N(CCOC)CC(C)C)c(C)c1. The second-order valence-electron chi connectivity index (χ2n) is 5.35. The lowest BCUT2D eigenvalue weighted by Gasteiger charge is -2.27. The van der Waals surface area contributed by atoms with Gasteiger partial charge in [-0.15, -0.1) is 0 Å². The van der Waals surface area contributed by atoms with Gasteiger partial charge in [0, 0.05) is 32.9 Å². The largest absolute Gasteiger partial charge is 0.383 e. The third-order valence-electron chi connectivity index (χ3n) is 2.94. The van der Waals surface area contributed by atoms with E-state index in [2.05, 4.69) is 42.0 Å². The van der Waals surface area contributed by atoms with E-state index in [1.807, 2.05) is 13.2 Å². The topological polar surface area (TPSA) is 37.4 Å². The van der Waals surface area contributed by atoms with Gasteiger partial charge in [-0.3, -0.25) is 0 Å². The molecular weight excluding hydrogens is 238 g/mol. The molecule has 0 saturated heterocycles. The van der Waals surface area contributed by atoms with Gasteiger partial charge < -0.3 is 15.0 Å². The Hall–Kier alpha value is -1.13. The Kier molecular flexibility index (Phi) is 6.81. The van der Waals surface area contributed by atoms with E-state index < -0.39 is 0 Å². The first-order valence-electron chi connectivity index (χ1n) is 6.92. The van der Waals surface area contributed by atoms with E-state index in [1.54, 1.807) is 7.11 Å². The predicted octanol–water partition coefficient (Wildman–Crippen LogP) is 2.22. The summed E-state index contributed by atoms with van der Waals surface area (Å²) in [5, 5.41) is 3.15. The van der Waals surface area contributed by atoms with Gasteiger partial charge in [0.1, 0.15) is 5.82 Å². The van der Waals surface area contributed by atoms with Crippen LogP contribution in [0.1, 0.15) is 25.0 Å². The molecule has 108 valence electrons. The quantitative estimate of drug-likeness (QED) is 0.782. The molecule has 1 heterocycles. The van der Waals surface area contributed by atoms with Crippen molar-refractivity contribution < 1.29 is 4.74 Å². The number of aromatic nitrogens is 1. The molecule has 0 radical (unpaired) electrons. The van der Waals surface area contributed by atoms with E-state index >= 15 is 0 Å². The molecular formula is C15H27N3O. The molecule has 0 aliphatic heterocycles. The molecule has 1 aromatic heterocycles. The maximum Gasteiger partial charge on any atom is 0.131 e. The molecule has 0 aliphatic carbocycles. The lowest BCUT2D eigenvalue weighted by Crippen LogP contribution is -2.32. The summed E-state index contributed by atoms with van der Waals surface area (Å²) in [4.78, 5) is 6.95. The summed E-state index contributed by atoms with van der Waals surface area (Å²) in [6.45, 7) is 10.1. The van der Waals surface area contributed by atoms with E-state index in [4.69, 9.17) is 4.74 Å². The standard InChI is InChI=1S/C15H27N3O/c1-12(2)11-18(6-7-19-5)15-13(3)8-14(9-16-4)10-17-15/h8,10,12,16H,6-7,9,11H2,1-5H3. The summed E-state index contributed by atoms with van der Waals surface area (Å²) in [7, 11) is 3.69. The van der Waals surface area contributed by atoms with Crippen LogP contribution in [0.15, 0.2) is 12.3 Å². The smallest absolute Gasteiger partial charge is 0.131 e. The minimum absolute atomic E-state index is 0.607. The third kappa shape index (κ3) is 5.17. The number of nitrogens with one attached hydrogen (secondary N) is 1. The van der Waals surface area contributed by atoms with Crippen molar-refractivity contribution in [3.63, 3.8) is 0 Å². The second kappa shape index (κ2) is 8.12. The van der Waals surface area contributed by atoms with Crippen molar-refractivity contribution in [2.24, 2.45) is 5.92 Å². The number of aryl methyl sites for hydroxylation is 1. The number of rotatable bonds is 8. The van der Waals surface area contributed by atoms with Crippen molar-refractivity contribution in [1.82, 2.24) is 10.3 Å². The van der Waals surface area contributed by atoms with E-state index in [-0.39, 0.29) is 0 Å². The van der Waals surface area contributed by atoms with Crippen LogP contribution in [0, 0.1) is 12.8 Å². The fourth-order valence-corrected chi connectivity index (χ4v) is 2.18. The molecule has 1 N–H and O–H groups in total. The number of pyridine rings is 1. The van der Waals surface area contributed by atoms with Crippen molar-refractivity contribution in [3.8, 4) is 0 Å². The Bertz CT molecular complexity index is 380. The van der Waals surface area contributed by atoms with E-state index in [0.29, 0.717) is 5.92 Å². The van der Waals surface area contributed by atoms with Crippen LogP contribution in [-0.4, -0.2) is 38.8 Å². The molecule has 0 unspecified atom stereocenters. The molecule has 1 rings (SSSR count). The minimum atomic E-state index is 0.607. The number of hydrogen-bond acceptors (Lipinski definition) is 4. The van der Waals surface area contributed by atoms with Crippen molar-refractivity contribution in [1.29, 1.82) is 0 Å². The summed E-state index contributed by atoms with van der Waals surface area (Å²) in [6, 6.07) is 2.21. The molecule has 4 heteroatoms. The molecule has 0 atom stereocenters. The van der Waals surface area contributed by atoms with Crippen molar-refractivity contribution in [3.05, 3.63) is 23.4 Å². The number of nitrogens with zero attached hydrogens (tertiary/aromatic N) is 2. The van der Waals surface area contributed by atoms with Crippen molar-refractivity contribution in [2.75, 3.05) is 38.8 Å². The minimum Gasteiger partial charge on any atom is -0.383 e. The summed E-state index contributed by atoms with van der Waals surface area (Å²) < 4.78 is 5.20. The van der Waals surface area contributed by atoms with Gasteiger partial charge >= 0.3 is 0 Å². The number of anilines is 1. The molecule has 0 aliphatic rings. The molecule has 19 heavy (non-hydrogen) atoms. The normalized spacial score (nSPS) is 11.1. The monoisotopic (exact) mass is 265 g/mol. The Labute approximate surface area is 117 Å². The Morgan fingerprint density at radius 1 is 1.42 bits per heavy atom. The van der Waals surface area contributed by atoms with Crippen LogP contribution in [-0.2, 0) is 11.3 Å². The first kappa shape index (κ1) is 15.9. The molecule has 0 amide bonds. The highest BCUT2D eigenvalue weighted by atomic mass is 16.5. The Balaban J connectivity index is 2.87. The van der Waals surface area contributed by atoms with Crippen LogP contribution >= 0.6 is 0 Å². The van der Waals surface area contributed by atoms with Gasteiger partial charge in [-0.2, -0.15) is 0 Å². The van der Waals surface area contributed by atoms with Crippen LogP contribution in [0.2, 0.25) is 0 Å². The number of ether oxygens (including phenoxy) is 1. The van der Waals surface area contributed by atoms with Gasteiger partial charge in [0.05, 0.1) is 6.61 Å². The lowest BCUT2D eigenvalue weighted by atomic mass is 10.1. The zero-order valence-electron chi connectivity index (χ0n) is 12.9. The van der Waals surface area contributed by atoms with Gasteiger partial charge in [0.25, 0.3) is 0 Å². The number of hydrogen-bond donors (Lipinski definition) is 1. The molecule has 1 aromatic rings. The number of methoxy groups -OCH3 is 1. The maximum atomic E-state index is 5.20. The Morgan fingerprint density at radius 2 is 2.16 bits per heavy atom. The molecule has 0 fully saturated rings. The molecule has 0 saturated carbocycles. The predicted molar refractivity (Wildman–Crippen MR) is 80.7 cm³/mol. The lowest BCUT2D eigenvalue weighted by molar-refractivity contribution is 0.204. The summed E-state index contributed by atoms with van der Waals surface area (Å²) in [5.41, 5.74) is 2.45. The molecule has 4 nitrogen and oxygen atoms in total. The molecule has 0 bridgehead atoms. The fraction of sp³-hybridized carbons (Fsp3) is 0.667. The fourth-order valence-electron chi connectivity index (χ4n) is 2.18. The highest BCUT2D eigenvalue weighted by molar-refractivity contribution is 5.47. The first-order chi connectivity index (χ1) is 9.08. The van der Waals surface area contributed by atoms with Gasteiger partial charge in [-0.25, -0.2) is 4.98 Å². The average molecular weight is 265 g/mol. The second-order valence-corrected chi connectivity index (χ2v) is 5.35. The Morgan fingerprint density at radius 3 is 2.68 bits per heavy atom. The van der Waals surface area contributed by atoms with Crippen LogP contribution < -0.4 is 10.2 Å². The zero-order chi connectivity index (χ0) is 14.3. The van der Waals surface area contributed by atoms with Gasteiger partial charge in [-0.05, 0) is 37.1 Å². The van der Waals surface area contributed by atoms with Crippen LogP contribution in [0.4, 0.5) is 5.82 Å². The average Bonchev–Trinajstić information content (AvgIpc) is 2.35. The summed E-state index contributed by atoms with van der Waals surface area (Å²) >= 11 is 0.